The van der Waals surface area contributed by atoms with Crippen LogP contribution in [0.2, 0.25) is 0 Å². The zero-order chi connectivity index (χ0) is 17.8. The van der Waals surface area contributed by atoms with Crippen molar-refractivity contribution in [3.63, 3.8) is 0 Å². The van der Waals surface area contributed by atoms with Crippen LogP contribution in [0.25, 0.3) is 0 Å². The summed E-state index contributed by atoms with van der Waals surface area (Å²) in [6.07, 6.45) is 0.443. The Morgan fingerprint density at radius 3 is 2.48 bits per heavy atom. The van der Waals surface area contributed by atoms with Gasteiger partial charge in [0, 0.05) is 12.1 Å². The number of benzene rings is 2. The van der Waals surface area contributed by atoms with Crippen molar-refractivity contribution in [1.82, 2.24) is 5.01 Å². The Balaban J connectivity index is 1.73. The van der Waals surface area contributed by atoms with Gasteiger partial charge in [-0.2, -0.15) is 0 Å². The monoisotopic (exact) mass is 355 g/mol. The molecule has 0 saturated carbocycles. The molecule has 1 saturated heterocycles. The third-order valence-electron chi connectivity index (χ3n) is 3.94. The first-order valence-corrected chi connectivity index (χ1v) is 8.70. The van der Waals surface area contributed by atoms with E-state index in [1.807, 2.05) is 62.4 Å². The maximum absolute atomic E-state index is 12.3. The molecule has 6 heteroatoms. The molecule has 1 aliphatic rings. The van der Waals surface area contributed by atoms with Crippen LogP contribution in [-0.4, -0.2) is 29.2 Å². The van der Waals surface area contributed by atoms with E-state index >= 15 is 0 Å². The average molecular weight is 355 g/mol. The van der Waals surface area contributed by atoms with Gasteiger partial charge in [0.1, 0.15) is 5.75 Å². The van der Waals surface area contributed by atoms with Crippen molar-refractivity contribution in [1.29, 1.82) is 0 Å². The molecule has 1 N–H and O–H groups in total. The van der Waals surface area contributed by atoms with Gasteiger partial charge >= 0.3 is 0 Å². The highest BCUT2D eigenvalue weighted by atomic mass is 32.1. The molecule has 1 heterocycles. The van der Waals surface area contributed by atoms with Gasteiger partial charge in [-0.25, -0.2) is 5.01 Å². The molecule has 0 atom stereocenters. The number of amides is 1. The molecule has 0 aromatic heterocycles. The molecule has 0 spiro atoms. The summed E-state index contributed by atoms with van der Waals surface area (Å²) in [7, 11) is 0. The second kappa shape index (κ2) is 7.53. The summed E-state index contributed by atoms with van der Waals surface area (Å²) in [6, 6.07) is 15.4. The highest BCUT2D eigenvalue weighted by Crippen LogP contribution is 2.24. The quantitative estimate of drug-likeness (QED) is 0.847. The Morgan fingerprint density at radius 1 is 1.16 bits per heavy atom. The zero-order valence-corrected chi connectivity index (χ0v) is 15.2. The molecule has 0 radical (unpaired) electrons. The van der Waals surface area contributed by atoms with Gasteiger partial charge in [-0.3, -0.25) is 9.80 Å². The van der Waals surface area contributed by atoms with Crippen molar-refractivity contribution in [2.75, 3.05) is 23.5 Å². The highest BCUT2D eigenvalue weighted by Gasteiger charge is 2.32. The molecule has 0 aliphatic carbocycles. The van der Waals surface area contributed by atoms with Crippen molar-refractivity contribution in [3.8, 4) is 5.75 Å². The number of carbonyl (C=O) groups is 1. The first-order valence-electron chi connectivity index (χ1n) is 8.29. The van der Waals surface area contributed by atoms with Gasteiger partial charge in [0.2, 0.25) is 5.91 Å². The number of hydrazine groups is 1. The van der Waals surface area contributed by atoms with Crippen LogP contribution in [0.15, 0.2) is 48.5 Å². The molecule has 2 aromatic rings. The van der Waals surface area contributed by atoms with Crippen LogP contribution in [0.4, 0.5) is 11.4 Å². The van der Waals surface area contributed by atoms with E-state index in [2.05, 4.69) is 5.32 Å². The highest BCUT2D eigenvalue weighted by molar-refractivity contribution is 7.80. The smallest absolute Gasteiger partial charge is 0.247 e. The number of carbonyl (C=O) groups excluding carboxylic acids is 1. The molecule has 1 amide bonds. The number of thiocarbonyl (C=S) groups is 1. The van der Waals surface area contributed by atoms with Crippen LogP contribution < -0.4 is 15.1 Å². The van der Waals surface area contributed by atoms with Crippen LogP contribution in [0, 0.1) is 6.92 Å². The minimum Gasteiger partial charge on any atom is -0.494 e. The van der Waals surface area contributed by atoms with Crippen molar-refractivity contribution in [3.05, 3.63) is 54.1 Å². The third kappa shape index (κ3) is 3.91. The van der Waals surface area contributed by atoms with Crippen molar-refractivity contribution < 1.29 is 9.53 Å². The van der Waals surface area contributed by atoms with E-state index in [1.165, 1.54) is 0 Å². The summed E-state index contributed by atoms with van der Waals surface area (Å²) in [5.74, 6) is 0.858. The van der Waals surface area contributed by atoms with E-state index in [-0.39, 0.29) is 5.91 Å². The van der Waals surface area contributed by atoms with Crippen LogP contribution in [0.3, 0.4) is 0 Å². The van der Waals surface area contributed by atoms with Crippen molar-refractivity contribution in [2.24, 2.45) is 0 Å². The second-order valence-corrected chi connectivity index (χ2v) is 6.19. The van der Waals surface area contributed by atoms with Gasteiger partial charge in [-0.05, 0) is 62.5 Å². The molecule has 1 fully saturated rings. The number of hydrogen-bond acceptors (Lipinski definition) is 3. The normalized spacial score (nSPS) is 13.9. The Bertz CT molecular complexity index is 759. The zero-order valence-electron chi connectivity index (χ0n) is 14.4. The second-order valence-electron chi connectivity index (χ2n) is 5.80. The fraction of sp³-hybridized carbons (Fsp3) is 0.263. The molecule has 1 aliphatic heterocycles. The van der Waals surface area contributed by atoms with Crippen LogP contribution in [-0.2, 0) is 4.79 Å². The molecule has 2 aromatic carbocycles. The molecular formula is C19H21N3O2S. The lowest BCUT2D eigenvalue weighted by atomic mass is 10.2. The number of rotatable bonds is 4. The summed E-state index contributed by atoms with van der Waals surface area (Å²) in [6.45, 7) is 5.17. The van der Waals surface area contributed by atoms with Gasteiger partial charge < -0.3 is 10.1 Å². The standard InChI is InChI=1S/C19H21N3O2S/c1-3-24-17-10-6-15(7-11-17)20-19(25)21-13-12-18(23)22(21)16-8-4-14(2)5-9-16/h4-11H,3,12-13H2,1-2H3,(H,20,25). The van der Waals surface area contributed by atoms with Gasteiger partial charge in [0.15, 0.2) is 5.11 Å². The molecule has 3 rings (SSSR count). The summed E-state index contributed by atoms with van der Waals surface area (Å²) in [4.78, 5) is 12.3. The fourth-order valence-corrected chi connectivity index (χ4v) is 2.98. The number of anilines is 2. The van der Waals surface area contributed by atoms with Gasteiger partial charge in [-0.1, -0.05) is 17.7 Å². The largest absolute Gasteiger partial charge is 0.494 e. The Labute approximate surface area is 153 Å². The fourth-order valence-electron chi connectivity index (χ4n) is 2.69. The average Bonchev–Trinajstić information content (AvgIpc) is 2.99. The maximum Gasteiger partial charge on any atom is 0.247 e. The number of aryl methyl sites for hydroxylation is 1. The van der Waals surface area contributed by atoms with Crippen LogP contribution >= 0.6 is 12.2 Å². The summed E-state index contributed by atoms with van der Waals surface area (Å²) < 4.78 is 5.44. The lowest BCUT2D eigenvalue weighted by Crippen LogP contribution is -2.45. The maximum atomic E-state index is 12.3. The van der Waals surface area contributed by atoms with E-state index in [9.17, 15) is 4.79 Å². The van der Waals surface area contributed by atoms with E-state index < -0.39 is 0 Å². The van der Waals surface area contributed by atoms with E-state index in [4.69, 9.17) is 17.0 Å². The van der Waals surface area contributed by atoms with Gasteiger partial charge in [0.05, 0.1) is 18.8 Å². The summed E-state index contributed by atoms with van der Waals surface area (Å²) in [5, 5.41) is 7.14. The molecule has 130 valence electrons. The minimum atomic E-state index is 0.0414. The number of nitrogens with one attached hydrogen (secondary N) is 1. The lowest BCUT2D eigenvalue weighted by Gasteiger charge is -2.30. The molecule has 0 unspecified atom stereocenters. The number of nitrogens with zero attached hydrogens (tertiary/aromatic N) is 2. The third-order valence-corrected chi connectivity index (χ3v) is 4.26. The summed E-state index contributed by atoms with van der Waals surface area (Å²) in [5.41, 5.74) is 2.83. The molecular weight excluding hydrogens is 334 g/mol. The predicted octanol–water partition coefficient (Wildman–Crippen LogP) is 3.74. The Morgan fingerprint density at radius 2 is 1.84 bits per heavy atom. The van der Waals surface area contributed by atoms with E-state index in [1.54, 1.807) is 10.0 Å². The van der Waals surface area contributed by atoms with E-state index in [0.29, 0.717) is 24.7 Å². The van der Waals surface area contributed by atoms with Crippen molar-refractivity contribution >= 4 is 34.6 Å². The van der Waals surface area contributed by atoms with Crippen LogP contribution in [0.5, 0.6) is 5.75 Å². The molecule has 5 nitrogen and oxygen atoms in total. The van der Waals surface area contributed by atoms with Gasteiger partial charge in [0.25, 0.3) is 0 Å². The SMILES string of the molecule is CCOc1ccc(NC(=S)N2CCC(=O)N2c2ccc(C)cc2)cc1. The Hall–Kier alpha value is -2.60. The minimum absolute atomic E-state index is 0.0414. The van der Waals surface area contributed by atoms with Gasteiger partial charge in [-0.15, -0.1) is 0 Å². The predicted molar refractivity (Wildman–Crippen MR) is 104 cm³/mol. The first-order chi connectivity index (χ1) is 12.1. The molecule has 25 heavy (non-hydrogen) atoms. The lowest BCUT2D eigenvalue weighted by molar-refractivity contribution is -0.117. The topological polar surface area (TPSA) is 44.8 Å². The number of hydrogen-bond donors (Lipinski definition) is 1. The summed E-state index contributed by atoms with van der Waals surface area (Å²) >= 11 is 5.53. The van der Waals surface area contributed by atoms with Crippen molar-refractivity contribution in [2.45, 2.75) is 20.3 Å². The van der Waals surface area contributed by atoms with E-state index in [0.717, 1.165) is 22.7 Å². The molecule has 0 bridgehead atoms. The Kier molecular flexibility index (Phi) is 5.19. The number of ether oxygens (including phenoxy) is 1. The van der Waals surface area contributed by atoms with Crippen LogP contribution in [0.1, 0.15) is 18.9 Å². The first kappa shape index (κ1) is 17.2.